The zero-order chi connectivity index (χ0) is 17.1. The maximum atomic E-state index is 12.9. The smallest absolute Gasteiger partial charge is 0.266 e. The summed E-state index contributed by atoms with van der Waals surface area (Å²) in [4.78, 5) is 25.0. The second-order valence-corrected chi connectivity index (χ2v) is 6.88. The Kier molecular flexibility index (Phi) is 5.28. The normalized spacial score (nSPS) is 24.5. The Morgan fingerprint density at radius 3 is 2.79 bits per heavy atom. The minimum absolute atomic E-state index is 0.00951. The topological polar surface area (TPSA) is 70.7 Å². The van der Waals surface area contributed by atoms with E-state index in [1.807, 2.05) is 30.3 Å². The van der Waals surface area contributed by atoms with Gasteiger partial charge in [-0.1, -0.05) is 44.2 Å². The molecular weight excluding hydrogens is 306 g/mol. The van der Waals surface area contributed by atoms with Crippen molar-refractivity contribution in [3.63, 3.8) is 0 Å². The minimum Gasteiger partial charge on any atom is -0.364 e. The Labute approximate surface area is 142 Å². The molecule has 2 fully saturated rings. The molecule has 0 radical (unpaired) electrons. The van der Waals surface area contributed by atoms with E-state index < -0.39 is 12.1 Å². The molecule has 0 bridgehead atoms. The highest BCUT2D eigenvalue weighted by Gasteiger charge is 2.47. The fraction of sp³-hybridized carbons (Fsp3) is 0.556. The lowest BCUT2D eigenvalue weighted by atomic mass is 10.0. The second-order valence-electron chi connectivity index (χ2n) is 6.88. The number of fused-ring (bicyclic) bond motifs is 1. The Hall–Kier alpha value is -1.76. The highest BCUT2D eigenvalue weighted by molar-refractivity contribution is 5.94. The SMILES string of the molecule is CC(C)C[C@H](OCc1ccccc1)C(=O)N1NCC2NCC(=O)C21. The lowest BCUT2D eigenvalue weighted by Gasteiger charge is -2.27. The molecule has 130 valence electrons. The first-order valence-corrected chi connectivity index (χ1v) is 8.54. The molecule has 2 N–H and O–H groups in total. The van der Waals surface area contributed by atoms with Gasteiger partial charge in [0.05, 0.1) is 19.2 Å². The van der Waals surface area contributed by atoms with Crippen LogP contribution >= 0.6 is 0 Å². The van der Waals surface area contributed by atoms with Gasteiger partial charge in [0.1, 0.15) is 12.1 Å². The molecule has 3 rings (SSSR count). The number of amides is 1. The molecule has 2 heterocycles. The maximum absolute atomic E-state index is 12.9. The van der Waals surface area contributed by atoms with Gasteiger partial charge >= 0.3 is 0 Å². The summed E-state index contributed by atoms with van der Waals surface area (Å²) in [6.07, 6.45) is 0.0768. The Bertz CT molecular complexity index is 590. The van der Waals surface area contributed by atoms with Gasteiger partial charge in [0, 0.05) is 6.54 Å². The number of benzene rings is 1. The van der Waals surface area contributed by atoms with Crippen LogP contribution in [0.15, 0.2) is 30.3 Å². The van der Waals surface area contributed by atoms with Crippen molar-refractivity contribution in [3.05, 3.63) is 35.9 Å². The number of rotatable bonds is 6. The van der Waals surface area contributed by atoms with Gasteiger partial charge in [0.25, 0.3) is 5.91 Å². The zero-order valence-corrected chi connectivity index (χ0v) is 14.2. The van der Waals surface area contributed by atoms with Crippen LogP contribution in [0.5, 0.6) is 0 Å². The van der Waals surface area contributed by atoms with Crippen LogP contribution in [0, 0.1) is 5.92 Å². The van der Waals surface area contributed by atoms with Crippen molar-refractivity contribution in [1.29, 1.82) is 0 Å². The molecule has 2 aliphatic heterocycles. The Morgan fingerprint density at radius 1 is 1.33 bits per heavy atom. The van der Waals surface area contributed by atoms with Crippen LogP contribution in [-0.4, -0.2) is 48.0 Å². The van der Waals surface area contributed by atoms with E-state index in [0.29, 0.717) is 32.0 Å². The summed E-state index contributed by atoms with van der Waals surface area (Å²) in [5, 5.41) is 4.64. The van der Waals surface area contributed by atoms with Crippen molar-refractivity contribution in [2.75, 3.05) is 13.1 Å². The van der Waals surface area contributed by atoms with Crippen LogP contribution < -0.4 is 10.7 Å². The molecule has 6 heteroatoms. The highest BCUT2D eigenvalue weighted by Crippen LogP contribution is 2.20. The summed E-state index contributed by atoms with van der Waals surface area (Å²) in [6, 6.07) is 9.41. The molecular formula is C18H25N3O3. The van der Waals surface area contributed by atoms with Crippen LogP contribution in [0.4, 0.5) is 0 Å². The molecule has 24 heavy (non-hydrogen) atoms. The van der Waals surface area contributed by atoms with Gasteiger partial charge in [-0.05, 0) is 17.9 Å². The van der Waals surface area contributed by atoms with E-state index in [1.54, 1.807) is 0 Å². The van der Waals surface area contributed by atoms with Gasteiger partial charge in [-0.3, -0.25) is 14.6 Å². The fourth-order valence-electron chi connectivity index (χ4n) is 3.28. The van der Waals surface area contributed by atoms with Crippen molar-refractivity contribution < 1.29 is 14.3 Å². The maximum Gasteiger partial charge on any atom is 0.266 e. The summed E-state index contributed by atoms with van der Waals surface area (Å²) >= 11 is 0. The molecule has 6 nitrogen and oxygen atoms in total. The highest BCUT2D eigenvalue weighted by atomic mass is 16.5. The molecule has 0 saturated carbocycles. The third-order valence-electron chi connectivity index (χ3n) is 4.50. The van der Waals surface area contributed by atoms with Crippen molar-refractivity contribution in [2.45, 2.75) is 45.1 Å². The molecule has 0 spiro atoms. The van der Waals surface area contributed by atoms with Crippen LogP contribution in [0.25, 0.3) is 0 Å². The van der Waals surface area contributed by atoms with E-state index in [4.69, 9.17) is 4.74 Å². The van der Waals surface area contributed by atoms with Crippen molar-refractivity contribution in [1.82, 2.24) is 15.8 Å². The molecule has 1 amide bonds. The van der Waals surface area contributed by atoms with Gasteiger partial charge in [-0.2, -0.15) is 0 Å². The first kappa shape index (κ1) is 17.1. The van der Waals surface area contributed by atoms with E-state index in [9.17, 15) is 9.59 Å². The fourth-order valence-corrected chi connectivity index (χ4v) is 3.28. The van der Waals surface area contributed by atoms with Crippen LogP contribution in [0.2, 0.25) is 0 Å². The number of hydrogen-bond acceptors (Lipinski definition) is 5. The van der Waals surface area contributed by atoms with Crippen LogP contribution in [0.3, 0.4) is 0 Å². The first-order valence-electron chi connectivity index (χ1n) is 8.54. The molecule has 0 aromatic heterocycles. The predicted octanol–water partition coefficient (Wildman–Crippen LogP) is 0.874. The Morgan fingerprint density at radius 2 is 2.08 bits per heavy atom. The Balaban J connectivity index is 1.68. The lowest BCUT2D eigenvalue weighted by Crippen LogP contribution is -2.51. The van der Waals surface area contributed by atoms with Crippen LogP contribution in [0.1, 0.15) is 25.8 Å². The summed E-state index contributed by atoms with van der Waals surface area (Å²) in [5.41, 5.74) is 4.09. The summed E-state index contributed by atoms with van der Waals surface area (Å²) in [5.74, 6) is 0.236. The monoisotopic (exact) mass is 331 g/mol. The number of ketones is 1. The predicted molar refractivity (Wildman–Crippen MR) is 89.9 cm³/mol. The third-order valence-corrected chi connectivity index (χ3v) is 4.50. The first-order chi connectivity index (χ1) is 11.6. The molecule has 2 saturated heterocycles. The number of carbonyl (C=O) groups is 2. The number of Topliss-reactive ketones (excluding diaryl/α,β-unsaturated/α-hetero) is 1. The molecule has 1 aromatic rings. The quantitative estimate of drug-likeness (QED) is 0.810. The summed E-state index contributed by atoms with van der Waals surface area (Å²) in [6.45, 7) is 5.44. The van der Waals surface area contributed by atoms with Crippen molar-refractivity contribution in [2.24, 2.45) is 5.92 Å². The molecule has 0 aliphatic carbocycles. The van der Waals surface area contributed by atoms with E-state index in [0.717, 1.165) is 5.56 Å². The molecule has 2 aliphatic rings. The molecule has 3 atom stereocenters. The molecule has 2 unspecified atom stereocenters. The lowest BCUT2D eigenvalue weighted by molar-refractivity contribution is -0.152. The number of ether oxygens (including phenoxy) is 1. The van der Waals surface area contributed by atoms with Gasteiger partial charge in [0.15, 0.2) is 5.78 Å². The van der Waals surface area contributed by atoms with Gasteiger partial charge in [-0.25, -0.2) is 5.43 Å². The minimum atomic E-state index is -0.551. The van der Waals surface area contributed by atoms with Crippen LogP contribution in [-0.2, 0) is 20.9 Å². The summed E-state index contributed by atoms with van der Waals surface area (Å²) in [7, 11) is 0. The standard InChI is InChI=1S/C18H25N3O3/c1-12(2)8-16(24-11-13-6-4-3-5-7-13)18(23)21-17-14(9-20-21)19-10-15(17)22/h3-7,12,14,16-17,19-20H,8-11H2,1-2H3/t14?,16-,17?/m0/s1. The van der Waals surface area contributed by atoms with Crippen molar-refractivity contribution in [3.8, 4) is 0 Å². The zero-order valence-electron chi connectivity index (χ0n) is 14.2. The van der Waals surface area contributed by atoms with E-state index in [-0.39, 0.29) is 17.7 Å². The van der Waals surface area contributed by atoms with E-state index in [1.165, 1.54) is 5.01 Å². The second kappa shape index (κ2) is 7.42. The third kappa shape index (κ3) is 3.66. The number of hydrogen-bond donors (Lipinski definition) is 2. The van der Waals surface area contributed by atoms with E-state index in [2.05, 4.69) is 24.6 Å². The average Bonchev–Trinajstić information content (AvgIpc) is 3.15. The van der Waals surface area contributed by atoms with Crippen molar-refractivity contribution >= 4 is 11.7 Å². The number of carbonyl (C=O) groups excluding carboxylic acids is 2. The van der Waals surface area contributed by atoms with E-state index >= 15 is 0 Å². The number of nitrogens with zero attached hydrogens (tertiary/aromatic N) is 1. The number of hydrazine groups is 1. The average molecular weight is 331 g/mol. The summed E-state index contributed by atoms with van der Waals surface area (Å²) < 4.78 is 5.93. The molecule has 1 aromatic carbocycles. The van der Waals surface area contributed by atoms with Gasteiger partial charge in [0.2, 0.25) is 0 Å². The largest absolute Gasteiger partial charge is 0.364 e. The van der Waals surface area contributed by atoms with Gasteiger partial charge < -0.3 is 10.1 Å². The van der Waals surface area contributed by atoms with Gasteiger partial charge in [-0.15, -0.1) is 0 Å². The number of nitrogens with one attached hydrogen (secondary N) is 2.